The maximum absolute atomic E-state index is 13.1. The summed E-state index contributed by atoms with van der Waals surface area (Å²) in [5.74, 6) is -0.488. The lowest BCUT2D eigenvalue weighted by Crippen LogP contribution is -2.36. The normalized spacial score (nSPS) is 13.6. The number of carbonyl (C=O) groups is 1. The molecule has 4 nitrogen and oxygen atoms in total. The Morgan fingerprint density at radius 3 is 2.38 bits per heavy atom. The number of nitrogens with zero attached hydrogens (tertiary/aromatic N) is 1. The summed E-state index contributed by atoms with van der Waals surface area (Å²) in [5, 5.41) is 10.8. The summed E-state index contributed by atoms with van der Waals surface area (Å²) in [6.07, 6.45) is -3.70. The number of ether oxygens (including phenoxy) is 1. The molecule has 0 fully saturated rings. The van der Waals surface area contributed by atoms with Gasteiger partial charge in [0.05, 0.1) is 24.7 Å². The predicted molar refractivity (Wildman–Crippen MR) is 106 cm³/mol. The van der Waals surface area contributed by atoms with Gasteiger partial charge in [0, 0.05) is 18.8 Å². The van der Waals surface area contributed by atoms with Crippen LogP contribution in [0, 0.1) is 5.92 Å². The summed E-state index contributed by atoms with van der Waals surface area (Å²) in [6.45, 7) is 1.97. The van der Waals surface area contributed by atoms with E-state index in [1.54, 1.807) is 31.3 Å². The van der Waals surface area contributed by atoms with Gasteiger partial charge >= 0.3 is 6.18 Å². The Hall–Kier alpha value is -2.54. The van der Waals surface area contributed by atoms with E-state index < -0.39 is 23.8 Å². The molecule has 0 saturated heterocycles. The summed E-state index contributed by atoms with van der Waals surface area (Å²) in [5.41, 5.74) is 0.0975. The number of benzene rings is 2. The van der Waals surface area contributed by atoms with Crippen LogP contribution in [0.2, 0.25) is 0 Å². The Kier molecular flexibility index (Phi) is 7.67. The van der Waals surface area contributed by atoms with Crippen molar-refractivity contribution in [3.05, 3.63) is 59.7 Å². The van der Waals surface area contributed by atoms with Crippen molar-refractivity contribution in [2.75, 3.05) is 19.1 Å². The smallest absolute Gasteiger partial charge is 0.416 e. The Balaban J connectivity index is 2.27. The van der Waals surface area contributed by atoms with Crippen LogP contribution in [0.5, 0.6) is 5.75 Å². The number of aliphatic hydroxyl groups excluding tert-OH is 1. The number of hydrogen-bond acceptors (Lipinski definition) is 3. The third-order valence-electron chi connectivity index (χ3n) is 4.92. The van der Waals surface area contributed by atoms with E-state index in [9.17, 15) is 23.1 Å². The van der Waals surface area contributed by atoms with Gasteiger partial charge < -0.3 is 14.7 Å². The standard InChI is InChI=1S/C22H26F3NO3/c1-4-5-9-19(20(27)15-10-12-16(13-11-15)22(23,24)25)21(28)26(2)17-7-6-8-18(14-17)29-3/h6-8,10-14,19-20,27H,4-5,9H2,1-3H3/t19-,20-/m1/s1. The van der Waals surface area contributed by atoms with Crippen LogP contribution < -0.4 is 9.64 Å². The molecular formula is C22H26F3NO3. The van der Waals surface area contributed by atoms with Crippen molar-refractivity contribution in [2.45, 2.75) is 38.5 Å². The SMILES string of the molecule is CCCC[C@@H](C(=O)N(C)c1cccc(OC)c1)[C@H](O)c1ccc(C(F)(F)F)cc1. The highest BCUT2D eigenvalue weighted by molar-refractivity contribution is 5.95. The van der Waals surface area contributed by atoms with Crippen LogP contribution >= 0.6 is 0 Å². The first-order chi connectivity index (χ1) is 13.7. The fourth-order valence-corrected chi connectivity index (χ4v) is 3.14. The predicted octanol–water partition coefficient (Wildman–Crippen LogP) is 5.22. The first kappa shape index (κ1) is 22.7. The molecule has 0 aliphatic rings. The van der Waals surface area contributed by atoms with Crippen LogP contribution in [0.15, 0.2) is 48.5 Å². The van der Waals surface area contributed by atoms with E-state index in [4.69, 9.17) is 4.74 Å². The van der Waals surface area contributed by atoms with Gasteiger partial charge in [0.25, 0.3) is 0 Å². The number of alkyl halides is 3. The van der Waals surface area contributed by atoms with Crippen LogP contribution in [0.1, 0.15) is 43.4 Å². The quantitative estimate of drug-likeness (QED) is 0.651. The van der Waals surface area contributed by atoms with Crippen LogP contribution in [-0.2, 0) is 11.0 Å². The number of anilines is 1. The molecule has 1 amide bonds. The van der Waals surface area contributed by atoms with Gasteiger partial charge in [-0.3, -0.25) is 4.79 Å². The highest BCUT2D eigenvalue weighted by atomic mass is 19.4. The van der Waals surface area contributed by atoms with Gasteiger partial charge in [-0.25, -0.2) is 0 Å². The molecule has 2 rings (SSSR count). The highest BCUT2D eigenvalue weighted by Crippen LogP contribution is 2.33. The number of halogens is 3. The Labute approximate surface area is 168 Å². The van der Waals surface area contributed by atoms with Crippen LogP contribution in [0.3, 0.4) is 0 Å². The first-order valence-corrected chi connectivity index (χ1v) is 9.45. The summed E-state index contributed by atoms with van der Waals surface area (Å²) < 4.78 is 43.6. The number of methoxy groups -OCH3 is 1. The van der Waals surface area contributed by atoms with E-state index in [0.717, 1.165) is 18.6 Å². The van der Waals surface area contributed by atoms with Gasteiger partial charge in [-0.05, 0) is 36.2 Å². The first-order valence-electron chi connectivity index (χ1n) is 9.45. The third-order valence-corrected chi connectivity index (χ3v) is 4.92. The topological polar surface area (TPSA) is 49.8 Å². The van der Waals surface area contributed by atoms with Crippen molar-refractivity contribution in [2.24, 2.45) is 5.92 Å². The van der Waals surface area contributed by atoms with Gasteiger partial charge in [0.15, 0.2) is 0 Å². The van der Waals surface area contributed by atoms with Crippen molar-refractivity contribution in [3.8, 4) is 5.75 Å². The molecule has 0 aliphatic carbocycles. The molecule has 0 unspecified atom stereocenters. The minimum Gasteiger partial charge on any atom is -0.497 e. The second-order valence-electron chi connectivity index (χ2n) is 6.91. The van der Waals surface area contributed by atoms with Crippen LogP contribution in [0.25, 0.3) is 0 Å². The van der Waals surface area contributed by atoms with Crippen LogP contribution in [0.4, 0.5) is 18.9 Å². The molecule has 0 aromatic heterocycles. The van der Waals surface area contributed by atoms with Crippen molar-refractivity contribution in [1.82, 2.24) is 0 Å². The molecule has 158 valence electrons. The minimum absolute atomic E-state index is 0.284. The highest BCUT2D eigenvalue weighted by Gasteiger charge is 2.33. The lowest BCUT2D eigenvalue weighted by Gasteiger charge is -2.28. The van der Waals surface area contributed by atoms with Crippen LogP contribution in [-0.4, -0.2) is 25.2 Å². The second kappa shape index (κ2) is 9.78. The number of hydrogen-bond donors (Lipinski definition) is 1. The summed E-state index contributed by atoms with van der Waals surface area (Å²) >= 11 is 0. The van der Waals surface area contributed by atoms with Gasteiger partial charge in [0.1, 0.15) is 5.75 Å². The lowest BCUT2D eigenvalue weighted by molar-refractivity contribution is -0.137. The minimum atomic E-state index is -4.45. The molecule has 0 saturated carbocycles. The summed E-state index contributed by atoms with van der Waals surface area (Å²) in [4.78, 5) is 14.6. The molecule has 0 heterocycles. The lowest BCUT2D eigenvalue weighted by atomic mass is 9.89. The second-order valence-corrected chi connectivity index (χ2v) is 6.91. The monoisotopic (exact) mass is 409 g/mol. The molecule has 1 N–H and O–H groups in total. The molecule has 2 aromatic rings. The average Bonchev–Trinajstić information content (AvgIpc) is 2.72. The summed E-state index contributed by atoms with van der Waals surface area (Å²) in [7, 11) is 3.13. The molecular weight excluding hydrogens is 383 g/mol. The number of unbranched alkanes of at least 4 members (excludes halogenated alkanes) is 1. The number of carbonyl (C=O) groups excluding carboxylic acids is 1. The van der Waals surface area contributed by atoms with E-state index in [0.29, 0.717) is 24.3 Å². The maximum Gasteiger partial charge on any atom is 0.416 e. The number of amides is 1. The zero-order valence-corrected chi connectivity index (χ0v) is 16.7. The molecule has 7 heteroatoms. The largest absolute Gasteiger partial charge is 0.497 e. The molecule has 0 bridgehead atoms. The van der Waals surface area contributed by atoms with Crippen molar-refractivity contribution in [3.63, 3.8) is 0 Å². The zero-order valence-electron chi connectivity index (χ0n) is 16.7. The van der Waals surface area contributed by atoms with E-state index in [-0.39, 0.29) is 11.5 Å². The van der Waals surface area contributed by atoms with Gasteiger partial charge in [0.2, 0.25) is 5.91 Å². The third kappa shape index (κ3) is 5.73. The Morgan fingerprint density at radius 1 is 1.17 bits per heavy atom. The van der Waals surface area contributed by atoms with Gasteiger partial charge in [-0.15, -0.1) is 0 Å². The Morgan fingerprint density at radius 2 is 1.83 bits per heavy atom. The molecule has 0 spiro atoms. The van der Waals surface area contributed by atoms with Crippen molar-refractivity contribution in [1.29, 1.82) is 0 Å². The molecule has 0 radical (unpaired) electrons. The van der Waals surface area contributed by atoms with Gasteiger partial charge in [-0.1, -0.05) is 38.0 Å². The summed E-state index contributed by atoms with van der Waals surface area (Å²) in [6, 6.07) is 11.3. The number of rotatable bonds is 8. The number of aliphatic hydroxyl groups is 1. The van der Waals surface area contributed by atoms with E-state index in [1.807, 2.05) is 6.92 Å². The molecule has 29 heavy (non-hydrogen) atoms. The van der Waals surface area contributed by atoms with Gasteiger partial charge in [-0.2, -0.15) is 13.2 Å². The maximum atomic E-state index is 13.1. The van der Waals surface area contributed by atoms with E-state index in [1.165, 1.54) is 24.1 Å². The molecule has 2 aromatic carbocycles. The zero-order chi connectivity index (χ0) is 21.6. The fourth-order valence-electron chi connectivity index (χ4n) is 3.14. The van der Waals surface area contributed by atoms with E-state index >= 15 is 0 Å². The van der Waals surface area contributed by atoms with Crippen molar-refractivity contribution < 1.29 is 27.8 Å². The molecule has 0 aliphatic heterocycles. The Bertz CT molecular complexity index is 806. The van der Waals surface area contributed by atoms with Crippen molar-refractivity contribution >= 4 is 11.6 Å². The molecule has 2 atom stereocenters. The average molecular weight is 409 g/mol. The fraction of sp³-hybridized carbons (Fsp3) is 0.409. The van der Waals surface area contributed by atoms with E-state index in [2.05, 4.69) is 0 Å².